The van der Waals surface area contributed by atoms with Crippen molar-refractivity contribution in [2.45, 2.75) is 6.04 Å². The molecule has 140 valence electrons. The van der Waals surface area contributed by atoms with Crippen molar-refractivity contribution in [3.8, 4) is 5.69 Å². The average Bonchev–Trinajstić information content (AvgIpc) is 3.43. The summed E-state index contributed by atoms with van der Waals surface area (Å²) < 4.78 is 6.97. The summed E-state index contributed by atoms with van der Waals surface area (Å²) in [5.74, 6) is -0.143. The minimum atomic E-state index is -0.143. The highest BCUT2D eigenvalue weighted by Crippen LogP contribution is 2.25. The zero-order chi connectivity index (χ0) is 18.5. The largest absolute Gasteiger partial charge is 0.379 e. The van der Waals surface area contributed by atoms with Gasteiger partial charge in [-0.1, -0.05) is 18.2 Å². The van der Waals surface area contributed by atoms with Crippen LogP contribution in [-0.4, -0.2) is 63.9 Å². The number of thiophene rings is 1. The van der Waals surface area contributed by atoms with Crippen LogP contribution in [0.5, 0.6) is 0 Å². The van der Waals surface area contributed by atoms with Gasteiger partial charge in [0.1, 0.15) is 6.33 Å². The Morgan fingerprint density at radius 2 is 2.07 bits per heavy atom. The Hall–Kier alpha value is -2.62. The van der Waals surface area contributed by atoms with Crippen LogP contribution in [0.25, 0.3) is 5.69 Å². The lowest BCUT2D eigenvalue weighted by atomic mass is 10.1. The second-order valence-corrected chi connectivity index (χ2v) is 7.14. The van der Waals surface area contributed by atoms with Crippen LogP contribution in [0.4, 0.5) is 0 Å². The number of carbonyl (C=O) groups excluding carboxylic acids is 1. The number of amides is 1. The maximum atomic E-state index is 12.9. The molecule has 1 aromatic carbocycles. The SMILES string of the molecule is O=C(NCC(c1cccs1)N1CCOCC1)c1ccccc1-n1cnnn1. The number of aromatic nitrogens is 4. The van der Waals surface area contributed by atoms with E-state index in [2.05, 4.69) is 37.2 Å². The Morgan fingerprint density at radius 1 is 1.22 bits per heavy atom. The lowest BCUT2D eigenvalue weighted by Gasteiger charge is -2.34. The quantitative estimate of drug-likeness (QED) is 0.694. The molecule has 0 radical (unpaired) electrons. The molecule has 8 nitrogen and oxygen atoms in total. The van der Waals surface area contributed by atoms with Crippen molar-refractivity contribution in [1.82, 2.24) is 30.4 Å². The minimum absolute atomic E-state index is 0.137. The fraction of sp³-hybridized carbons (Fsp3) is 0.333. The number of hydrogen-bond acceptors (Lipinski definition) is 7. The molecule has 2 aromatic heterocycles. The number of tetrazole rings is 1. The molecular formula is C18H20N6O2S. The predicted octanol–water partition coefficient (Wildman–Crippen LogP) is 1.53. The van der Waals surface area contributed by atoms with Crippen LogP contribution in [0.2, 0.25) is 0 Å². The third-order valence-electron chi connectivity index (χ3n) is 4.56. The standard InChI is InChI=1S/C18H20N6O2S/c25-18(14-4-1-2-5-15(14)24-13-20-21-22-24)19-12-16(17-6-3-11-27-17)23-7-9-26-10-8-23/h1-6,11,13,16H,7-10,12H2,(H,19,25). The van der Waals surface area contributed by atoms with Crippen LogP contribution >= 0.6 is 11.3 Å². The molecule has 3 aromatic rings. The van der Waals surface area contributed by atoms with Gasteiger partial charge < -0.3 is 10.1 Å². The van der Waals surface area contributed by atoms with Gasteiger partial charge >= 0.3 is 0 Å². The maximum Gasteiger partial charge on any atom is 0.253 e. The molecule has 1 atom stereocenters. The van der Waals surface area contributed by atoms with E-state index in [4.69, 9.17) is 4.74 Å². The molecule has 0 spiro atoms. The first kappa shape index (κ1) is 17.8. The van der Waals surface area contributed by atoms with E-state index in [1.165, 1.54) is 15.9 Å². The average molecular weight is 384 g/mol. The Morgan fingerprint density at radius 3 is 2.81 bits per heavy atom. The van der Waals surface area contributed by atoms with Crippen LogP contribution in [0.15, 0.2) is 48.1 Å². The molecular weight excluding hydrogens is 364 g/mol. The van der Waals surface area contributed by atoms with Crippen molar-refractivity contribution < 1.29 is 9.53 Å². The Kier molecular flexibility index (Phi) is 5.52. The van der Waals surface area contributed by atoms with Crippen molar-refractivity contribution in [3.63, 3.8) is 0 Å². The molecule has 0 saturated carbocycles. The smallest absolute Gasteiger partial charge is 0.253 e. The van der Waals surface area contributed by atoms with Crippen LogP contribution < -0.4 is 5.32 Å². The fourth-order valence-electron chi connectivity index (χ4n) is 3.20. The van der Waals surface area contributed by atoms with E-state index in [1.54, 1.807) is 17.4 Å². The normalized spacial score (nSPS) is 16.1. The summed E-state index contributed by atoms with van der Waals surface area (Å²) in [5.41, 5.74) is 1.19. The topological polar surface area (TPSA) is 85.2 Å². The summed E-state index contributed by atoms with van der Waals surface area (Å²) >= 11 is 1.71. The van der Waals surface area contributed by atoms with Gasteiger partial charge in [0.25, 0.3) is 5.91 Å². The number of nitrogens with one attached hydrogen (secondary N) is 1. The van der Waals surface area contributed by atoms with Gasteiger partial charge in [0, 0.05) is 24.5 Å². The molecule has 0 aliphatic carbocycles. The predicted molar refractivity (Wildman–Crippen MR) is 101 cm³/mol. The monoisotopic (exact) mass is 384 g/mol. The molecule has 3 heterocycles. The van der Waals surface area contributed by atoms with Crippen LogP contribution in [0.1, 0.15) is 21.3 Å². The second-order valence-electron chi connectivity index (χ2n) is 6.16. The van der Waals surface area contributed by atoms with Crippen molar-refractivity contribution in [2.24, 2.45) is 0 Å². The van der Waals surface area contributed by atoms with E-state index in [0.717, 1.165) is 26.3 Å². The summed E-state index contributed by atoms with van der Waals surface area (Å²) in [6, 6.07) is 11.6. The molecule has 4 rings (SSSR count). The van der Waals surface area contributed by atoms with Gasteiger partial charge in [0.15, 0.2) is 0 Å². The zero-order valence-electron chi connectivity index (χ0n) is 14.7. The van der Waals surface area contributed by atoms with Crippen LogP contribution in [0.3, 0.4) is 0 Å². The molecule has 1 saturated heterocycles. The lowest BCUT2D eigenvalue weighted by Crippen LogP contribution is -2.43. The minimum Gasteiger partial charge on any atom is -0.379 e. The van der Waals surface area contributed by atoms with Gasteiger partial charge in [-0.25, -0.2) is 0 Å². The Labute approximate surface area is 160 Å². The third-order valence-corrected chi connectivity index (χ3v) is 5.53. The highest BCUT2D eigenvalue weighted by Gasteiger charge is 2.24. The number of rotatable bonds is 6. The molecule has 1 aliphatic rings. The molecule has 1 aliphatic heterocycles. The van der Waals surface area contributed by atoms with E-state index < -0.39 is 0 Å². The van der Waals surface area contributed by atoms with Crippen LogP contribution in [-0.2, 0) is 4.74 Å². The number of carbonyl (C=O) groups is 1. The molecule has 1 unspecified atom stereocenters. The van der Waals surface area contributed by atoms with Crippen molar-refractivity contribution >= 4 is 17.2 Å². The van der Waals surface area contributed by atoms with E-state index in [0.29, 0.717) is 17.8 Å². The summed E-state index contributed by atoms with van der Waals surface area (Å²) in [6.07, 6.45) is 1.48. The maximum absolute atomic E-state index is 12.9. The highest BCUT2D eigenvalue weighted by atomic mass is 32.1. The van der Waals surface area contributed by atoms with E-state index in [1.807, 2.05) is 24.3 Å². The molecule has 1 N–H and O–H groups in total. The molecule has 0 bridgehead atoms. The number of ether oxygens (including phenoxy) is 1. The summed E-state index contributed by atoms with van der Waals surface area (Å²) in [4.78, 5) is 16.5. The van der Waals surface area contributed by atoms with Crippen molar-refractivity contribution in [3.05, 3.63) is 58.5 Å². The van der Waals surface area contributed by atoms with E-state index >= 15 is 0 Å². The number of para-hydroxylation sites is 1. The fourth-order valence-corrected chi connectivity index (χ4v) is 4.06. The van der Waals surface area contributed by atoms with E-state index in [9.17, 15) is 4.79 Å². The van der Waals surface area contributed by atoms with Gasteiger partial charge in [0.05, 0.1) is 30.5 Å². The Balaban J connectivity index is 1.51. The first-order valence-electron chi connectivity index (χ1n) is 8.79. The van der Waals surface area contributed by atoms with Gasteiger partial charge in [-0.15, -0.1) is 16.4 Å². The molecule has 1 amide bonds. The second kappa shape index (κ2) is 8.38. The molecule has 27 heavy (non-hydrogen) atoms. The molecule has 1 fully saturated rings. The number of hydrogen-bond donors (Lipinski definition) is 1. The first-order chi connectivity index (χ1) is 13.3. The zero-order valence-corrected chi connectivity index (χ0v) is 15.5. The van der Waals surface area contributed by atoms with Crippen molar-refractivity contribution in [2.75, 3.05) is 32.8 Å². The number of nitrogens with zero attached hydrogens (tertiary/aromatic N) is 5. The van der Waals surface area contributed by atoms with Crippen LogP contribution in [0, 0.1) is 0 Å². The lowest BCUT2D eigenvalue weighted by molar-refractivity contribution is 0.0169. The van der Waals surface area contributed by atoms with Gasteiger partial charge in [-0.2, -0.15) is 4.68 Å². The number of benzene rings is 1. The van der Waals surface area contributed by atoms with Gasteiger partial charge in [-0.05, 0) is 34.0 Å². The number of morpholine rings is 1. The van der Waals surface area contributed by atoms with Gasteiger partial charge in [-0.3, -0.25) is 9.69 Å². The van der Waals surface area contributed by atoms with Crippen molar-refractivity contribution in [1.29, 1.82) is 0 Å². The highest BCUT2D eigenvalue weighted by molar-refractivity contribution is 7.10. The Bertz CT molecular complexity index is 862. The third kappa shape index (κ3) is 4.05. The van der Waals surface area contributed by atoms with E-state index in [-0.39, 0.29) is 11.9 Å². The summed E-state index contributed by atoms with van der Waals surface area (Å²) in [6.45, 7) is 3.69. The molecule has 9 heteroatoms. The summed E-state index contributed by atoms with van der Waals surface area (Å²) in [7, 11) is 0. The first-order valence-corrected chi connectivity index (χ1v) is 9.66. The van der Waals surface area contributed by atoms with Gasteiger partial charge in [0.2, 0.25) is 0 Å². The summed E-state index contributed by atoms with van der Waals surface area (Å²) in [5, 5.41) is 16.4.